The van der Waals surface area contributed by atoms with E-state index < -0.39 is 19.3 Å². The van der Waals surface area contributed by atoms with Crippen molar-refractivity contribution < 1.29 is 19.0 Å². The maximum atomic E-state index is 14.1. The monoisotopic (exact) mass is 426 g/mol. The molecule has 2 saturated heterocycles. The summed E-state index contributed by atoms with van der Waals surface area (Å²) in [6, 6.07) is 10.8. The molecule has 1 spiro atoms. The Morgan fingerprint density at radius 3 is 2.50 bits per heavy atom. The van der Waals surface area contributed by atoms with Crippen LogP contribution in [0.15, 0.2) is 42.5 Å². The van der Waals surface area contributed by atoms with Gasteiger partial charge in [0.2, 0.25) is 0 Å². The predicted octanol–water partition coefficient (Wildman–Crippen LogP) is 3.92. The number of carbonyl (C=O) groups excluding carboxylic acids is 1. The Kier molecular flexibility index (Phi) is 4.38. The van der Waals surface area contributed by atoms with Gasteiger partial charge in [0.25, 0.3) is 0 Å². The molecular formula is C25H34O4Si. The van der Waals surface area contributed by atoms with Gasteiger partial charge in [0.15, 0.2) is 5.79 Å². The summed E-state index contributed by atoms with van der Waals surface area (Å²) in [5.41, 5.74) is 0.759. The lowest BCUT2D eigenvalue weighted by atomic mass is 9.46. The molecule has 7 atom stereocenters. The Bertz CT molecular complexity index is 898. The molecule has 1 aromatic carbocycles. The van der Waals surface area contributed by atoms with Gasteiger partial charge in [-0.25, -0.2) is 0 Å². The Balaban J connectivity index is 1.65. The van der Waals surface area contributed by atoms with Crippen LogP contribution in [-0.4, -0.2) is 46.1 Å². The van der Waals surface area contributed by atoms with Crippen molar-refractivity contribution in [2.75, 3.05) is 20.3 Å². The van der Waals surface area contributed by atoms with Gasteiger partial charge in [0, 0.05) is 25.4 Å². The predicted molar refractivity (Wildman–Crippen MR) is 119 cm³/mol. The first-order valence-electron chi connectivity index (χ1n) is 11.2. The molecule has 2 aliphatic carbocycles. The maximum Gasteiger partial charge on any atom is 0.172 e. The van der Waals surface area contributed by atoms with Gasteiger partial charge >= 0.3 is 0 Å². The van der Waals surface area contributed by atoms with Crippen LogP contribution >= 0.6 is 0 Å². The van der Waals surface area contributed by atoms with Crippen LogP contribution in [0.1, 0.15) is 26.7 Å². The minimum Gasteiger partial charge on any atom is -0.377 e. The quantitative estimate of drug-likeness (QED) is 0.543. The van der Waals surface area contributed by atoms with E-state index in [0.717, 1.165) is 18.6 Å². The molecule has 4 nitrogen and oxygen atoms in total. The zero-order valence-corrected chi connectivity index (χ0v) is 19.9. The largest absolute Gasteiger partial charge is 0.377 e. The lowest BCUT2D eigenvalue weighted by molar-refractivity contribution is -0.199. The number of Topliss-reactive ketones (excluding diaryl/α,β-unsaturated/α-hetero) is 1. The molecule has 2 saturated carbocycles. The molecular weight excluding hydrogens is 392 g/mol. The molecule has 5 heteroatoms. The molecule has 5 rings (SSSR count). The fourth-order valence-corrected chi connectivity index (χ4v) is 12.0. The Morgan fingerprint density at radius 1 is 1.13 bits per heavy atom. The Hall–Kier alpha value is -1.27. The molecule has 162 valence electrons. The normalized spacial score (nSPS) is 45.4. The van der Waals surface area contributed by atoms with E-state index in [1.165, 1.54) is 5.19 Å². The third-order valence-corrected chi connectivity index (χ3v) is 13.7. The van der Waals surface area contributed by atoms with Gasteiger partial charge in [-0.2, -0.15) is 0 Å². The Morgan fingerprint density at radius 2 is 1.83 bits per heavy atom. The molecule has 0 bridgehead atoms. The van der Waals surface area contributed by atoms with Crippen LogP contribution in [0.25, 0.3) is 0 Å². The molecule has 0 N–H and O–H groups in total. The first-order valence-corrected chi connectivity index (χ1v) is 14.3. The number of benzene rings is 1. The van der Waals surface area contributed by atoms with E-state index in [9.17, 15) is 4.79 Å². The van der Waals surface area contributed by atoms with E-state index in [1.807, 2.05) is 6.92 Å². The standard InChI is InChI=1S/C25H34O4Si/c1-16-12-18-22-23(2,14-28-18)20(30(5,6)17-10-8-7-9-11-17)13-19(26)25(22)15-29-24(3,27-4)21(16)25/h7-11,18,20-22H,1,12-15H2,2-6H3/t18-,20+,21+,22-,23+,24+,25+/m0/s1. The van der Waals surface area contributed by atoms with Crippen LogP contribution in [0.3, 0.4) is 0 Å². The van der Waals surface area contributed by atoms with E-state index in [2.05, 4.69) is 56.9 Å². The van der Waals surface area contributed by atoms with Gasteiger partial charge in [0.1, 0.15) is 5.78 Å². The summed E-state index contributed by atoms with van der Waals surface area (Å²) in [4.78, 5) is 14.1. The van der Waals surface area contributed by atoms with E-state index in [4.69, 9.17) is 14.2 Å². The lowest BCUT2D eigenvalue weighted by Gasteiger charge is -2.59. The smallest absolute Gasteiger partial charge is 0.172 e. The zero-order chi connectivity index (χ0) is 21.5. The summed E-state index contributed by atoms with van der Waals surface area (Å²) < 4.78 is 18.6. The van der Waals surface area contributed by atoms with E-state index in [1.54, 1.807) is 7.11 Å². The minimum atomic E-state index is -1.93. The van der Waals surface area contributed by atoms with Crippen molar-refractivity contribution in [3.8, 4) is 0 Å². The number of methoxy groups -OCH3 is 1. The average Bonchev–Trinajstić information content (AvgIpc) is 3.23. The first-order chi connectivity index (χ1) is 14.1. The first kappa shape index (κ1) is 20.6. The van der Waals surface area contributed by atoms with Gasteiger partial charge in [-0.05, 0) is 24.3 Å². The molecule has 2 heterocycles. The topological polar surface area (TPSA) is 44.8 Å². The number of ketones is 1. The highest BCUT2D eigenvalue weighted by Gasteiger charge is 2.76. The van der Waals surface area contributed by atoms with Crippen molar-refractivity contribution in [2.24, 2.45) is 22.7 Å². The third-order valence-electron chi connectivity index (χ3n) is 9.25. The van der Waals surface area contributed by atoms with Crippen molar-refractivity contribution in [1.82, 2.24) is 0 Å². The molecule has 30 heavy (non-hydrogen) atoms. The fourth-order valence-electron chi connectivity index (χ4n) is 7.94. The molecule has 2 aliphatic heterocycles. The number of hydrogen-bond acceptors (Lipinski definition) is 4. The maximum absolute atomic E-state index is 14.1. The number of rotatable bonds is 3. The van der Waals surface area contributed by atoms with Crippen LogP contribution < -0.4 is 5.19 Å². The molecule has 4 fully saturated rings. The number of ether oxygens (including phenoxy) is 3. The summed E-state index contributed by atoms with van der Waals surface area (Å²) >= 11 is 0. The highest BCUT2D eigenvalue weighted by molar-refractivity contribution is 6.91. The highest BCUT2D eigenvalue weighted by Crippen LogP contribution is 2.71. The zero-order valence-electron chi connectivity index (χ0n) is 18.9. The molecule has 0 radical (unpaired) electrons. The molecule has 0 unspecified atom stereocenters. The van der Waals surface area contributed by atoms with Crippen LogP contribution in [0, 0.1) is 22.7 Å². The van der Waals surface area contributed by atoms with E-state index in [-0.39, 0.29) is 23.4 Å². The van der Waals surface area contributed by atoms with Crippen molar-refractivity contribution in [3.63, 3.8) is 0 Å². The molecule has 0 amide bonds. The second-order valence-corrected chi connectivity index (χ2v) is 15.7. The summed E-state index contributed by atoms with van der Waals surface area (Å²) in [5, 5.41) is 1.42. The fraction of sp³-hybridized carbons (Fsp3) is 0.640. The van der Waals surface area contributed by atoms with Gasteiger partial charge < -0.3 is 14.2 Å². The summed E-state index contributed by atoms with van der Waals surface area (Å²) in [6.45, 7) is 14.8. The highest BCUT2D eigenvalue weighted by atomic mass is 28.3. The Labute approximate surface area is 181 Å². The molecule has 4 aliphatic rings. The van der Waals surface area contributed by atoms with E-state index in [0.29, 0.717) is 24.4 Å². The minimum absolute atomic E-state index is 0.0499. The summed E-state index contributed by atoms with van der Waals surface area (Å²) in [5.74, 6) is -0.402. The second kappa shape index (κ2) is 6.38. The van der Waals surface area contributed by atoms with Crippen molar-refractivity contribution in [3.05, 3.63) is 42.5 Å². The summed E-state index contributed by atoms with van der Waals surface area (Å²) in [6.07, 6.45) is 1.45. The SMILES string of the molecule is C=C1C[C@@H]2OC[C@]3(C)[C@H]([Si](C)(C)c4ccccc4)CC(=O)[C@@]4(CO[C@@](C)(OC)[C@@H]14)[C@@H]23. The van der Waals surface area contributed by atoms with Crippen LogP contribution in [0.2, 0.25) is 18.6 Å². The van der Waals surface area contributed by atoms with Crippen LogP contribution in [-0.2, 0) is 19.0 Å². The number of hydrogen-bond donors (Lipinski definition) is 0. The van der Waals surface area contributed by atoms with Crippen LogP contribution in [0.4, 0.5) is 0 Å². The van der Waals surface area contributed by atoms with Gasteiger partial charge in [0.05, 0.1) is 32.8 Å². The van der Waals surface area contributed by atoms with Gasteiger partial charge in [-0.15, -0.1) is 0 Å². The summed E-state index contributed by atoms with van der Waals surface area (Å²) in [7, 11) is -0.245. The second-order valence-electron chi connectivity index (χ2n) is 10.9. The van der Waals surface area contributed by atoms with Crippen molar-refractivity contribution >= 4 is 19.0 Å². The molecule has 0 aromatic heterocycles. The van der Waals surface area contributed by atoms with Crippen LogP contribution in [0.5, 0.6) is 0 Å². The lowest BCUT2D eigenvalue weighted by Crippen LogP contribution is -2.66. The van der Waals surface area contributed by atoms with Crippen molar-refractivity contribution in [1.29, 1.82) is 0 Å². The van der Waals surface area contributed by atoms with Gasteiger partial charge in [-0.1, -0.05) is 67.7 Å². The molecule has 1 aromatic rings. The van der Waals surface area contributed by atoms with E-state index >= 15 is 0 Å². The number of carbonyl (C=O) groups is 1. The van der Waals surface area contributed by atoms with Crippen molar-refractivity contribution in [2.45, 2.75) is 57.2 Å². The average molecular weight is 427 g/mol. The third kappa shape index (κ3) is 2.35. The van der Waals surface area contributed by atoms with Gasteiger partial charge in [-0.3, -0.25) is 4.79 Å².